The molecule has 0 aromatic carbocycles. The Kier molecular flexibility index (Phi) is 19.6. The lowest BCUT2D eigenvalue weighted by molar-refractivity contribution is -0.138. The molecule has 0 aliphatic rings. The van der Waals surface area contributed by atoms with Crippen molar-refractivity contribution in [3.63, 3.8) is 0 Å². The van der Waals surface area contributed by atoms with Gasteiger partial charge in [-0.1, -0.05) is 108 Å². The maximum absolute atomic E-state index is 11.7. The van der Waals surface area contributed by atoms with E-state index < -0.39 is 8.07 Å². The van der Waals surface area contributed by atoms with Crippen molar-refractivity contribution in [2.75, 3.05) is 6.61 Å². The zero-order valence-electron chi connectivity index (χ0n) is 21.1. The van der Waals surface area contributed by atoms with E-state index in [2.05, 4.69) is 63.8 Å². The predicted octanol–water partition coefficient (Wildman–Crippen LogP) is 9.18. The lowest BCUT2D eigenvalue weighted by Gasteiger charge is -2.29. The Morgan fingerprint density at radius 3 is 1.52 bits per heavy atom. The molecule has 0 aliphatic carbocycles. The highest BCUT2D eigenvalue weighted by molar-refractivity contribution is 6.81. The number of unbranched alkanes of at least 4 members (excludes halogenated alkanes) is 6. The number of carbonyl (C=O) groups excluding carboxylic acids is 1. The Hall–Kier alpha value is -1.35. The number of hydrogen-bond acceptors (Lipinski definition) is 2. The van der Waals surface area contributed by atoms with Crippen molar-refractivity contribution in [3.8, 4) is 0 Å². The summed E-state index contributed by atoms with van der Waals surface area (Å²) < 4.78 is 5.40. The van der Waals surface area contributed by atoms with Crippen molar-refractivity contribution >= 4 is 14.0 Å². The zero-order chi connectivity index (χ0) is 23.2. The molecule has 3 heteroatoms. The average Bonchev–Trinajstić information content (AvgIpc) is 2.76. The lowest BCUT2D eigenvalue weighted by Crippen LogP contribution is -2.32. The second kappa shape index (κ2) is 20.5. The van der Waals surface area contributed by atoms with Crippen molar-refractivity contribution in [1.29, 1.82) is 0 Å². The maximum Gasteiger partial charge on any atom is 0.333 e. The topological polar surface area (TPSA) is 26.3 Å². The van der Waals surface area contributed by atoms with E-state index in [1.807, 2.05) is 0 Å². The van der Waals surface area contributed by atoms with Gasteiger partial charge in [0.15, 0.2) is 0 Å². The summed E-state index contributed by atoms with van der Waals surface area (Å²) in [7, 11) is -1.55. The number of carbonyl (C=O) groups is 1. The summed E-state index contributed by atoms with van der Waals surface area (Å²) in [6.07, 6.45) is 26.7. The van der Waals surface area contributed by atoms with Gasteiger partial charge in [-0.15, -0.1) is 0 Å². The van der Waals surface area contributed by atoms with Gasteiger partial charge in [0.2, 0.25) is 0 Å². The van der Waals surface area contributed by atoms with E-state index >= 15 is 0 Å². The van der Waals surface area contributed by atoms with Crippen LogP contribution in [0.2, 0.25) is 24.2 Å². The fourth-order valence-electron chi connectivity index (χ4n) is 3.61. The maximum atomic E-state index is 11.7. The lowest BCUT2D eigenvalue weighted by atomic mass is 10.2. The Morgan fingerprint density at radius 2 is 1.16 bits per heavy atom. The SMILES string of the molecule is C=C(C)C(=O)OCCC[Si](C/C=C/CCCC)(C/C=C/CCCC)C/C=C/CCCC. The van der Waals surface area contributed by atoms with E-state index in [1.165, 1.54) is 82.0 Å². The number of ether oxygens (including phenoxy) is 1. The molecule has 0 atom stereocenters. The third-order valence-corrected chi connectivity index (χ3v) is 10.5. The van der Waals surface area contributed by atoms with Gasteiger partial charge in [0.25, 0.3) is 0 Å². The molecular weight excluding hydrogens is 396 g/mol. The minimum Gasteiger partial charge on any atom is -0.462 e. The Balaban J connectivity index is 5.18. The Morgan fingerprint density at radius 1 is 0.742 bits per heavy atom. The minimum atomic E-state index is -1.55. The highest BCUT2D eigenvalue weighted by atomic mass is 28.3. The molecule has 0 aromatic rings. The highest BCUT2D eigenvalue weighted by Gasteiger charge is 2.28. The van der Waals surface area contributed by atoms with E-state index in [1.54, 1.807) is 6.92 Å². The summed E-state index contributed by atoms with van der Waals surface area (Å²) in [6.45, 7) is 12.7. The molecule has 0 bridgehead atoms. The first-order chi connectivity index (χ1) is 15.0. The van der Waals surface area contributed by atoms with Crippen molar-refractivity contribution in [2.45, 2.75) is 116 Å². The van der Waals surface area contributed by atoms with Crippen molar-refractivity contribution in [2.24, 2.45) is 0 Å². The second-order valence-electron chi connectivity index (χ2n) is 8.97. The standard InChI is InChI=1S/C28H50O2Si/c1-6-9-12-15-18-23-31(24-19-16-13-10-7-2,25-20-17-14-11-8-3)26-21-22-30-28(29)27(4)5/h15-20H,4,6-14,21-26H2,1-3,5H3/b18-15+,19-16+,20-17+. The summed E-state index contributed by atoms with van der Waals surface area (Å²) in [5.74, 6) is -0.259. The van der Waals surface area contributed by atoms with E-state index in [4.69, 9.17) is 4.74 Å². The molecule has 0 spiro atoms. The van der Waals surface area contributed by atoms with Crippen LogP contribution in [0.4, 0.5) is 0 Å². The number of hydrogen-bond donors (Lipinski definition) is 0. The third-order valence-electron chi connectivity index (χ3n) is 5.76. The molecule has 0 unspecified atom stereocenters. The van der Waals surface area contributed by atoms with Crippen LogP contribution in [0.3, 0.4) is 0 Å². The summed E-state index contributed by atoms with van der Waals surface area (Å²) in [6, 6.07) is 4.87. The Bertz CT molecular complexity index is 495. The van der Waals surface area contributed by atoms with E-state index in [0.717, 1.165) is 6.42 Å². The zero-order valence-corrected chi connectivity index (χ0v) is 22.1. The fraction of sp³-hybridized carbons (Fsp3) is 0.679. The van der Waals surface area contributed by atoms with Gasteiger partial charge in [0, 0.05) is 5.57 Å². The van der Waals surface area contributed by atoms with Gasteiger partial charge < -0.3 is 4.74 Å². The molecule has 178 valence electrons. The first-order valence-electron chi connectivity index (χ1n) is 12.8. The molecule has 0 radical (unpaired) electrons. The monoisotopic (exact) mass is 446 g/mol. The molecular formula is C28H50O2Si. The first-order valence-corrected chi connectivity index (χ1v) is 15.6. The summed E-state index contributed by atoms with van der Waals surface area (Å²) in [5, 5.41) is 0. The van der Waals surface area contributed by atoms with Crippen LogP contribution < -0.4 is 0 Å². The van der Waals surface area contributed by atoms with E-state index in [0.29, 0.717) is 12.2 Å². The minimum absolute atomic E-state index is 0.259. The van der Waals surface area contributed by atoms with Gasteiger partial charge in [-0.05, 0) is 50.7 Å². The molecule has 31 heavy (non-hydrogen) atoms. The first kappa shape index (κ1) is 29.6. The summed E-state index contributed by atoms with van der Waals surface area (Å²) >= 11 is 0. The average molecular weight is 447 g/mol. The van der Waals surface area contributed by atoms with Gasteiger partial charge in [0.05, 0.1) is 14.7 Å². The van der Waals surface area contributed by atoms with Gasteiger partial charge >= 0.3 is 5.97 Å². The normalized spacial score (nSPS) is 12.4. The molecule has 0 aliphatic heterocycles. The van der Waals surface area contributed by atoms with Crippen LogP contribution in [0, 0.1) is 0 Å². The van der Waals surface area contributed by atoms with Crippen molar-refractivity contribution in [1.82, 2.24) is 0 Å². The molecule has 0 amide bonds. The molecule has 0 rings (SSSR count). The molecule has 0 saturated heterocycles. The number of allylic oxidation sites excluding steroid dienone is 6. The molecule has 0 saturated carbocycles. The quantitative estimate of drug-likeness (QED) is 0.0612. The summed E-state index contributed by atoms with van der Waals surface area (Å²) in [5.41, 5.74) is 0.486. The van der Waals surface area contributed by atoms with Crippen LogP contribution in [0.25, 0.3) is 0 Å². The summed E-state index contributed by atoms with van der Waals surface area (Å²) in [4.78, 5) is 11.7. The van der Waals surface area contributed by atoms with Crippen LogP contribution in [0.15, 0.2) is 48.6 Å². The molecule has 0 heterocycles. The van der Waals surface area contributed by atoms with Crippen molar-refractivity contribution < 1.29 is 9.53 Å². The molecule has 0 fully saturated rings. The second-order valence-corrected chi connectivity index (χ2v) is 13.7. The number of rotatable bonds is 20. The molecule has 0 N–H and O–H groups in total. The predicted molar refractivity (Wildman–Crippen MR) is 141 cm³/mol. The highest BCUT2D eigenvalue weighted by Crippen LogP contribution is 2.30. The Labute approximate surface area is 194 Å². The van der Waals surface area contributed by atoms with Crippen LogP contribution in [0.5, 0.6) is 0 Å². The van der Waals surface area contributed by atoms with Crippen LogP contribution >= 0.6 is 0 Å². The molecule has 2 nitrogen and oxygen atoms in total. The van der Waals surface area contributed by atoms with Gasteiger partial charge in [-0.2, -0.15) is 0 Å². The van der Waals surface area contributed by atoms with Gasteiger partial charge in [-0.25, -0.2) is 4.79 Å². The van der Waals surface area contributed by atoms with E-state index in [9.17, 15) is 4.79 Å². The largest absolute Gasteiger partial charge is 0.462 e. The van der Waals surface area contributed by atoms with Crippen LogP contribution in [-0.2, 0) is 9.53 Å². The smallest absolute Gasteiger partial charge is 0.333 e. The third kappa shape index (κ3) is 16.9. The molecule has 0 aromatic heterocycles. The van der Waals surface area contributed by atoms with Gasteiger partial charge in [0.1, 0.15) is 0 Å². The van der Waals surface area contributed by atoms with Crippen molar-refractivity contribution in [3.05, 3.63) is 48.6 Å². The van der Waals surface area contributed by atoms with Crippen LogP contribution in [0.1, 0.15) is 91.9 Å². The van der Waals surface area contributed by atoms with E-state index in [-0.39, 0.29) is 5.97 Å². The van der Waals surface area contributed by atoms with Gasteiger partial charge in [-0.3, -0.25) is 0 Å². The van der Waals surface area contributed by atoms with Crippen LogP contribution in [-0.4, -0.2) is 20.7 Å². The fourth-order valence-corrected chi connectivity index (χ4v) is 7.62. The number of esters is 1.